The zero-order valence-corrected chi connectivity index (χ0v) is 16.6. The van der Waals surface area contributed by atoms with Crippen LogP contribution in [0.4, 0.5) is 10.5 Å². The molecule has 3 rings (SSSR count). The number of methoxy groups -OCH3 is 2. The highest BCUT2D eigenvalue weighted by Gasteiger charge is 2.25. The molecule has 0 aliphatic rings. The van der Waals surface area contributed by atoms with E-state index in [1.54, 1.807) is 36.5 Å². The van der Waals surface area contributed by atoms with E-state index < -0.39 is 12.0 Å². The maximum Gasteiger partial charge on any atom is 0.421 e. The van der Waals surface area contributed by atoms with Gasteiger partial charge in [0.1, 0.15) is 24.0 Å². The molecule has 28 heavy (non-hydrogen) atoms. The summed E-state index contributed by atoms with van der Waals surface area (Å²) in [6, 6.07) is 13.0. The first-order valence-corrected chi connectivity index (χ1v) is 9.33. The number of ether oxygens (including phenoxy) is 3. The number of para-hydroxylation sites is 1. The van der Waals surface area contributed by atoms with Gasteiger partial charge in [-0.2, -0.15) is 0 Å². The van der Waals surface area contributed by atoms with E-state index in [0.29, 0.717) is 23.6 Å². The minimum Gasteiger partial charge on any atom is -0.486 e. The van der Waals surface area contributed by atoms with Gasteiger partial charge in [0.2, 0.25) is 0 Å². The van der Waals surface area contributed by atoms with Crippen molar-refractivity contribution in [1.29, 1.82) is 0 Å². The molecule has 2 amide bonds. The van der Waals surface area contributed by atoms with Crippen molar-refractivity contribution < 1.29 is 23.8 Å². The fraction of sp³-hybridized carbons (Fsp3) is 0.250. The number of imide groups is 1. The van der Waals surface area contributed by atoms with Crippen LogP contribution in [-0.2, 0) is 20.9 Å². The highest BCUT2D eigenvalue weighted by atomic mass is 32.1. The van der Waals surface area contributed by atoms with Gasteiger partial charge in [0.05, 0.1) is 23.0 Å². The lowest BCUT2D eigenvalue weighted by molar-refractivity contribution is -0.121. The summed E-state index contributed by atoms with van der Waals surface area (Å²) >= 11 is 1.58. The Kier molecular flexibility index (Phi) is 6.23. The summed E-state index contributed by atoms with van der Waals surface area (Å²) in [7, 11) is 2.61. The second-order valence-corrected chi connectivity index (χ2v) is 7.06. The van der Waals surface area contributed by atoms with Gasteiger partial charge >= 0.3 is 6.09 Å². The van der Waals surface area contributed by atoms with Crippen LogP contribution in [0.15, 0.2) is 42.5 Å². The predicted octanol–water partition coefficient (Wildman–Crippen LogP) is 3.93. The van der Waals surface area contributed by atoms with E-state index in [9.17, 15) is 9.59 Å². The second kappa shape index (κ2) is 8.81. The monoisotopic (exact) mass is 400 g/mol. The van der Waals surface area contributed by atoms with E-state index in [2.05, 4.69) is 4.98 Å². The standard InChI is InChI=1S/C20H20N2O5S/c1-13-10-14(27-11-18-21-15-6-4-5-7-17(15)28-18)8-9-16(13)22(20(24)26-3)19(23)12-25-2/h4-10H,11-12H2,1-3H3. The van der Waals surface area contributed by atoms with Crippen molar-refractivity contribution in [3.8, 4) is 5.75 Å². The molecule has 8 heteroatoms. The number of amides is 2. The molecule has 7 nitrogen and oxygen atoms in total. The molecule has 2 aromatic carbocycles. The first-order chi connectivity index (χ1) is 13.5. The minimum atomic E-state index is -0.770. The van der Waals surface area contributed by atoms with Crippen molar-refractivity contribution in [3.63, 3.8) is 0 Å². The SMILES string of the molecule is COCC(=O)N(C(=O)OC)c1ccc(OCc2nc3ccccc3s2)cc1C. The van der Waals surface area contributed by atoms with Crippen LogP contribution in [-0.4, -0.2) is 37.8 Å². The van der Waals surface area contributed by atoms with Gasteiger partial charge in [-0.1, -0.05) is 12.1 Å². The Morgan fingerprint density at radius 2 is 1.93 bits per heavy atom. The normalized spacial score (nSPS) is 10.7. The fourth-order valence-electron chi connectivity index (χ4n) is 2.71. The molecule has 0 saturated heterocycles. The van der Waals surface area contributed by atoms with E-state index in [4.69, 9.17) is 14.2 Å². The Hall–Kier alpha value is -2.97. The van der Waals surface area contributed by atoms with Crippen LogP contribution in [0.25, 0.3) is 10.2 Å². The van der Waals surface area contributed by atoms with E-state index in [1.165, 1.54) is 14.2 Å². The van der Waals surface area contributed by atoms with Crippen LogP contribution in [0, 0.1) is 6.92 Å². The Bertz CT molecular complexity index is 968. The van der Waals surface area contributed by atoms with Crippen molar-refractivity contribution in [2.24, 2.45) is 0 Å². The number of thiazole rings is 1. The summed E-state index contributed by atoms with van der Waals surface area (Å²) in [6.45, 7) is 1.89. The highest BCUT2D eigenvalue weighted by molar-refractivity contribution is 7.18. The van der Waals surface area contributed by atoms with E-state index in [0.717, 1.165) is 20.1 Å². The van der Waals surface area contributed by atoms with E-state index >= 15 is 0 Å². The Morgan fingerprint density at radius 1 is 1.14 bits per heavy atom. The topological polar surface area (TPSA) is 78.0 Å². The molecule has 0 fully saturated rings. The van der Waals surface area contributed by atoms with Crippen molar-refractivity contribution in [2.75, 3.05) is 25.7 Å². The Labute approximate surface area is 166 Å². The molecular weight excluding hydrogens is 380 g/mol. The van der Waals surface area contributed by atoms with E-state index in [1.807, 2.05) is 24.3 Å². The third-order valence-corrected chi connectivity index (χ3v) is 4.99. The molecular formula is C20H20N2O5S. The fourth-order valence-corrected chi connectivity index (χ4v) is 3.59. The van der Waals surface area contributed by atoms with E-state index in [-0.39, 0.29) is 6.61 Å². The number of hydrogen-bond donors (Lipinski definition) is 0. The average molecular weight is 400 g/mol. The maximum absolute atomic E-state index is 12.2. The minimum absolute atomic E-state index is 0.232. The van der Waals surface area contributed by atoms with Gasteiger partial charge in [0, 0.05) is 7.11 Å². The average Bonchev–Trinajstić information content (AvgIpc) is 3.11. The summed E-state index contributed by atoms with van der Waals surface area (Å²) in [5.74, 6) is 0.102. The number of carbonyl (C=O) groups is 2. The van der Waals surface area contributed by atoms with Gasteiger partial charge in [0.15, 0.2) is 0 Å². The predicted molar refractivity (Wildman–Crippen MR) is 107 cm³/mol. The number of nitrogens with zero attached hydrogens (tertiary/aromatic N) is 2. The number of aryl methyl sites for hydroxylation is 1. The lowest BCUT2D eigenvalue weighted by Crippen LogP contribution is -2.39. The second-order valence-electron chi connectivity index (χ2n) is 5.94. The van der Waals surface area contributed by atoms with Gasteiger partial charge in [-0.25, -0.2) is 14.7 Å². The number of benzene rings is 2. The lowest BCUT2D eigenvalue weighted by Gasteiger charge is -2.21. The molecule has 0 aliphatic heterocycles. The van der Waals surface area contributed by atoms with Crippen LogP contribution in [0.5, 0.6) is 5.75 Å². The third kappa shape index (κ3) is 4.29. The summed E-state index contributed by atoms with van der Waals surface area (Å²) in [5.41, 5.74) is 2.06. The molecule has 0 spiro atoms. The number of anilines is 1. The van der Waals surface area contributed by atoms with Gasteiger partial charge in [-0.3, -0.25) is 4.79 Å². The number of hydrogen-bond acceptors (Lipinski definition) is 7. The highest BCUT2D eigenvalue weighted by Crippen LogP contribution is 2.27. The van der Waals surface area contributed by atoms with Crippen LogP contribution in [0.2, 0.25) is 0 Å². The molecule has 1 aromatic heterocycles. The zero-order valence-electron chi connectivity index (χ0n) is 15.8. The summed E-state index contributed by atoms with van der Waals surface area (Å²) in [6.07, 6.45) is -0.770. The number of aromatic nitrogens is 1. The quantitative estimate of drug-likeness (QED) is 0.624. The van der Waals surface area contributed by atoms with Gasteiger partial charge in [-0.05, 0) is 42.8 Å². The van der Waals surface area contributed by atoms with Crippen LogP contribution in [0.1, 0.15) is 10.6 Å². The number of fused-ring (bicyclic) bond motifs is 1. The Morgan fingerprint density at radius 3 is 2.61 bits per heavy atom. The van der Waals surface area contributed by atoms with Gasteiger partial charge < -0.3 is 14.2 Å². The van der Waals surface area contributed by atoms with Crippen molar-refractivity contribution in [3.05, 3.63) is 53.0 Å². The molecule has 0 N–H and O–H groups in total. The third-order valence-electron chi connectivity index (χ3n) is 3.98. The molecule has 0 atom stereocenters. The number of rotatable bonds is 6. The lowest BCUT2D eigenvalue weighted by atomic mass is 10.1. The van der Waals surface area contributed by atoms with Crippen molar-refractivity contribution >= 4 is 39.2 Å². The summed E-state index contributed by atoms with van der Waals surface area (Å²) < 4.78 is 16.5. The molecule has 146 valence electrons. The Balaban J connectivity index is 1.76. The molecule has 0 aliphatic carbocycles. The summed E-state index contributed by atoms with van der Waals surface area (Å²) in [5, 5.41) is 0.870. The van der Waals surface area contributed by atoms with Crippen molar-refractivity contribution in [1.82, 2.24) is 4.98 Å². The van der Waals surface area contributed by atoms with Crippen molar-refractivity contribution in [2.45, 2.75) is 13.5 Å². The molecule has 0 saturated carbocycles. The zero-order chi connectivity index (χ0) is 20.1. The molecule has 3 aromatic rings. The smallest absolute Gasteiger partial charge is 0.421 e. The first kappa shape index (κ1) is 19.8. The van der Waals surface area contributed by atoms with Crippen LogP contribution < -0.4 is 9.64 Å². The van der Waals surface area contributed by atoms with Gasteiger partial charge in [0.25, 0.3) is 5.91 Å². The molecule has 0 bridgehead atoms. The van der Waals surface area contributed by atoms with Crippen LogP contribution in [0.3, 0.4) is 0 Å². The molecule has 0 unspecified atom stereocenters. The maximum atomic E-state index is 12.2. The van der Waals surface area contributed by atoms with Crippen LogP contribution >= 0.6 is 11.3 Å². The molecule has 0 radical (unpaired) electrons. The number of carbonyl (C=O) groups excluding carboxylic acids is 2. The first-order valence-electron chi connectivity index (χ1n) is 8.51. The van der Waals surface area contributed by atoms with Gasteiger partial charge in [-0.15, -0.1) is 11.3 Å². The summed E-state index contributed by atoms with van der Waals surface area (Å²) in [4.78, 5) is 29.8. The molecule has 1 heterocycles. The largest absolute Gasteiger partial charge is 0.486 e.